The van der Waals surface area contributed by atoms with Gasteiger partial charge in [0, 0.05) is 24.7 Å². The fraction of sp³-hybridized carbons (Fsp3) is 0.560. The summed E-state index contributed by atoms with van der Waals surface area (Å²) in [5.74, 6) is -2.01. The van der Waals surface area contributed by atoms with Gasteiger partial charge in [0.15, 0.2) is 0 Å². The number of nitrogens with zero attached hydrogens (tertiary/aromatic N) is 1. The van der Waals surface area contributed by atoms with Crippen molar-refractivity contribution in [3.8, 4) is 0 Å². The van der Waals surface area contributed by atoms with Crippen molar-refractivity contribution in [1.29, 1.82) is 0 Å². The Hall–Kier alpha value is -2.90. The summed E-state index contributed by atoms with van der Waals surface area (Å²) in [7, 11) is 0. The van der Waals surface area contributed by atoms with Gasteiger partial charge in [-0.15, -0.1) is 0 Å². The third-order valence-corrected chi connectivity index (χ3v) is 6.45. The Morgan fingerprint density at radius 2 is 1.88 bits per heavy atom. The number of aryl methyl sites for hydroxylation is 1. The van der Waals surface area contributed by atoms with Crippen molar-refractivity contribution in [3.05, 3.63) is 39.9 Å². The van der Waals surface area contributed by atoms with Crippen molar-refractivity contribution >= 4 is 28.5 Å². The molecule has 0 spiro atoms. The van der Waals surface area contributed by atoms with Gasteiger partial charge < -0.3 is 20.3 Å². The van der Waals surface area contributed by atoms with Crippen LogP contribution in [0.5, 0.6) is 0 Å². The van der Waals surface area contributed by atoms with Gasteiger partial charge in [-0.25, -0.2) is 9.18 Å². The van der Waals surface area contributed by atoms with Gasteiger partial charge in [-0.2, -0.15) is 0 Å². The average molecular weight is 460 g/mol. The van der Waals surface area contributed by atoms with Crippen molar-refractivity contribution in [1.82, 2.24) is 9.88 Å². The number of rotatable bonds is 7. The summed E-state index contributed by atoms with van der Waals surface area (Å²) < 4.78 is 16.6. The summed E-state index contributed by atoms with van der Waals surface area (Å²) in [6.45, 7) is 8.06. The van der Waals surface area contributed by atoms with Crippen LogP contribution in [-0.2, 0) is 11.3 Å². The van der Waals surface area contributed by atoms with E-state index in [9.17, 15) is 23.9 Å². The van der Waals surface area contributed by atoms with Crippen molar-refractivity contribution in [2.75, 3.05) is 11.9 Å². The molecule has 0 aliphatic heterocycles. The lowest BCUT2D eigenvalue weighted by Crippen LogP contribution is -2.50. The van der Waals surface area contributed by atoms with Crippen molar-refractivity contribution < 1.29 is 19.1 Å². The van der Waals surface area contributed by atoms with Gasteiger partial charge in [0.2, 0.25) is 5.43 Å². The molecule has 180 valence electrons. The van der Waals surface area contributed by atoms with E-state index in [0.717, 1.165) is 12.8 Å². The summed E-state index contributed by atoms with van der Waals surface area (Å²) in [6, 6.07) is 1.61. The molecule has 1 heterocycles. The number of anilines is 1. The van der Waals surface area contributed by atoms with Crippen LogP contribution in [0.3, 0.4) is 0 Å². The molecule has 1 unspecified atom stereocenters. The summed E-state index contributed by atoms with van der Waals surface area (Å²) in [6.07, 6.45) is 7.33. The normalized spacial score (nSPS) is 15.9. The molecule has 33 heavy (non-hydrogen) atoms. The van der Waals surface area contributed by atoms with E-state index in [1.54, 1.807) is 31.4 Å². The Bertz CT molecular complexity index is 1100. The van der Waals surface area contributed by atoms with Gasteiger partial charge in [-0.3, -0.25) is 9.59 Å². The number of carboxylic acids is 1. The lowest BCUT2D eigenvalue weighted by Gasteiger charge is -2.27. The number of hydrogen-bond acceptors (Lipinski definition) is 4. The zero-order valence-electron chi connectivity index (χ0n) is 19.8. The van der Waals surface area contributed by atoms with Crippen molar-refractivity contribution in [2.45, 2.75) is 72.4 Å². The fourth-order valence-corrected chi connectivity index (χ4v) is 4.47. The first-order chi connectivity index (χ1) is 15.5. The number of fused-ring (bicyclic) bond motifs is 1. The van der Waals surface area contributed by atoms with Crippen LogP contribution in [0.4, 0.5) is 10.1 Å². The molecular formula is C25H34FN3O4. The standard InChI is InChI=1S/C25H34FN3O4/c1-5-29-14-17(23(31)28-22(24(32)33)25(2,3)4)21(30)16-11-18(26)19(12-20(16)29)27-13-15-9-7-6-8-10-15/h11-12,14-15,22,27H,5-10,13H2,1-4H3,(H,28,31)(H,32,33). The highest BCUT2D eigenvalue weighted by molar-refractivity contribution is 5.99. The molecule has 1 aromatic heterocycles. The molecule has 2 aromatic rings. The van der Waals surface area contributed by atoms with E-state index in [2.05, 4.69) is 10.6 Å². The minimum atomic E-state index is -1.19. The third kappa shape index (κ3) is 5.54. The molecular weight excluding hydrogens is 425 g/mol. The zero-order valence-corrected chi connectivity index (χ0v) is 19.8. The molecule has 1 aromatic carbocycles. The van der Waals surface area contributed by atoms with E-state index in [1.807, 2.05) is 6.92 Å². The molecule has 3 rings (SSSR count). The van der Waals surface area contributed by atoms with Gasteiger partial charge in [0.05, 0.1) is 11.2 Å². The highest BCUT2D eigenvalue weighted by Gasteiger charge is 2.33. The second kappa shape index (κ2) is 9.93. The van der Waals surface area contributed by atoms with E-state index in [1.165, 1.54) is 31.5 Å². The maximum Gasteiger partial charge on any atom is 0.326 e. The Morgan fingerprint density at radius 3 is 2.45 bits per heavy atom. The lowest BCUT2D eigenvalue weighted by molar-refractivity contribution is -0.142. The highest BCUT2D eigenvalue weighted by Crippen LogP contribution is 2.27. The molecule has 3 N–H and O–H groups in total. The zero-order chi connectivity index (χ0) is 24.3. The number of hydrogen-bond donors (Lipinski definition) is 3. The van der Waals surface area contributed by atoms with Gasteiger partial charge >= 0.3 is 5.97 Å². The van der Waals surface area contributed by atoms with Crippen LogP contribution in [0.2, 0.25) is 0 Å². The predicted molar refractivity (Wildman–Crippen MR) is 127 cm³/mol. The molecule has 0 bridgehead atoms. The second-order valence-corrected chi connectivity index (χ2v) is 10.0. The molecule has 0 saturated heterocycles. The molecule has 0 radical (unpaired) electrons. The number of benzene rings is 1. The summed E-state index contributed by atoms with van der Waals surface area (Å²) in [4.78, 5) is 37.6. The number of carbonyl (C=O) groups excluding carboxylic acids is 1. The van der Waals surface area contributed by atoms with Gasteiger partial charge in [-0.1, -0.05) is 40.0 Å². The minimum Gasteiger partial charge on any atom is -0.480 e. The number of carboxylic acid groups (broad SMARTS) is 1. The van der Waals surface area contributed by atoms with Gasteiger partial charge in [0.1, 0.15) is 17.4 Å². The quantitative estimate of drug-likeness (QED) is 0.570. The minimum absolute atomic E-state index is 0.0906. The lowest BCUT2D eigenvalue weighted by atomic mass is 9.86. The second-order valence-electron chi connectivity index (χ2n) is 10.0. The van der Waals surface area contributed by atoms with Gasteiger partial charge in [0.25, 0.3) is 5.91 Å². The molecule has 1 aliphatic carbocycles. The van der Waals surface area contributed by atoms with Crippen molar-refractivity contribution in [2.24, 2.45) is 11.3 Å². The smallest absolute Gasteiger partial charge is 0.326 e. The van der Waals surface area contributed by atoms with Crippen LogP contribution in [0.15, 0.2) is 23.1 Å². The number of pyridine rings is 1. The van der Waals surface area contributed by atoms with E-state index in [-0.39, 0.29) is 10.9 Å². The van der Waals surface area contributed by atoms with Crippen LogP contribution in [0.1, 0.15) is 70.2 Å². The Kier molecular flexibility index (Phi) is 7.44. The molecule has 1 aliphatic rings. The molecule has 1 saturated carbocycles. The van der Waals surface area contributed by atoms with E-state index in [4.69, 9.17) is 0 Å². The number of nitrogens with one attached hydrogen (secondary N) is 2. The van der Waals surface area contributed by atoms with Crippen LogP contribution < -0.4 is 16.1 Å². The SMILES string of the molecule is CCn1cc(C(=O)NC(C(=O)O)C(C)(C)C)c(=O)c2cc(F)c(NCC3CCCCC3)cc21. The average Bonchev–Trinajstić information content (AvgIpc) is 2.76. The maximum atomic E-state index is 14.9. The first kappa shape index (κ1) is 24.7. The predicted octanol–water partition coefficient (Wildman–Crippen LogP) is 4.38. The highest BCUT2D eigenvalue weighted by atomic mass is 19.1. The first-order valence-corrected chi connectivity index (χ1v) is 11.7. The number of carbonyl (C=O) groups is 2. The van der Waals surface area contributed by atoms with Crippen molar-refractivity contribution in [3.63, 3.8) is 0 Å². The molecule has 1 atom stereocenters. The molecule has 7 nitrogen and oxygen atoms in total. The third-order valence-electron chi connectivity index (χ3n) is 6.45. The molecule has 1 fully saturated rings. The van der Waals surface area contributed by atoms with Crippen LogP contribution in [-0.4, -0.2) is 34.1 Å². The number of amides is 1. The summed E-state index contributed by atoms with van der Waals surface area (Å²) >= 11 is 0. The Labute approximate surface area is 193 Å². The summed E-state index contributed by atoms with van der Waals surface area (Å²) in [5.41, 5.74) is -0.722. The van der Waals surface area contributed by atoms with Crippen LogP contribution in [0.25, 0.3) is 10.9 Å². The van der Waals surface area contributed by atoms with E-state index < -0.39 is 34.6 Å². The van der Waals surface area contributed by atoms with Gasteiger partial charge in [-0.05, 0) is 43.2 Å². The van der Waals surface area contributed by atoms with Crippen LogP contribution >= 0.6 is 0 Å². The summed E-state index contributed by atoms with van der Waals surface area (Å²) in [5, 5.41) is 15.3. The van der Waals surface area contributed by atoms with Crippen LogP contribution in [0, 0.1) is 17.2 Å². The molecule has 8 heteroatoms. The largest absolute Gasteiger partial charge is 0.480 e. The van der Waals surface area contributed by atoms with E-state index in [0.29, 0.717) is 30.2 Å². The Morgan fingerprint density at radius 1 is 1.21 bits per heavy atom. The maximum absolute atomic E-state index is 14.9. The number of aliphatic carboxylic acids is 1. The van der Waals surface area contributed by atoms with E-state index >= 15 is 0 Å². The monoisotopic (exact) mass is 459 g/mol. The number of aromatic nitrogens is 1. The molecule has 1 amide bonds. The fourth-order valence-electron chi connectivity index (χ4n) is 4.47. The Balaban J connectivity index is 1.95. The topological polar surface area (TPSA) is 100 Å². The number of halogens is 1. The first-order valence-electron chi connectivity index (χ1n) is 11.7.